The van der Waals surface area contributed by atoms with Gasteiger partial charge in [-0.15, -0.1) is 0 Å². The third-order valence-corrected chi connectivity index (χ3v) is 3.43. The van der Waals surface area contributed by atoms with Gasteiger partial charge >= 0.3 is 0 Å². The molecule has 2 rings (SSSR count). The molecule has 3 heteroatoms. The van der Waals surface area contributed by atoms with Gasteiger partial charge in [-0.05, 0) is 48.9 Å². The Labute approximate surface area is 102 Å². The fourth-order valence-corrected chi connectivity index (χ4v) is 2.17. The number of hydrogen-bond acceptors (Lipinski definition) is 2. The average molecular weight is 240 g/mol. The van der Waals surface area contributed by atoms with E-state index in [0.717, 1.165) is 30.2 Å². The molecule has 0 unspecified atom stereocenters. The zero-order chi connectivity index (χ0) is 11.4. The summed E-state index contributed by atoms with van der Waals surface area (Å²) in [6.07, 6.45) is 3.61. The first-order valence-electron chi connectivity index (χ1n) is 5.76. The monoisotopic (exact) mass is 239 g/mol. The van der Waals surface area contributed by atoms with Crippen LogP contribution in [0, 0.1) is 5.41 Å². The van der Waals surface area contributed by atoms with Crippen LogP contribution >= 0.6 is 11.6 Å². The third-order valence-electron chi connectivity index (χ3n) is 3.20. The minimum atomic E-state index is 0.396. The first kappa shape index (κ1) is 11.9. The minimum absolute atomic E-state index is 0.396. The molecule has 0 amide bonds. The quantitative estimate of drug-likeness (QED) is 0.829. The summed E-state index contributed by atoms with van der Waals surface area (Å²) in [4.78, 5) is 0. The Morgan fingerprint density at radius 2 is 2.19 bits per heavy atom. The molecule has 1 aliphatic rings. The van der Waals surface area contributed by atoms with Gasteiger partial charge in [-0.2, -0.15) is 0 Å². The third kappa shape index (κ3) is 3.21. The average Bonchev–Trinajstić information content (AvgIpc) is 2.99. The van der Waals surface area contributed by atoms with Crippen LogP contribution in [0.2, 0.25) is 5.02 Å². The maximum atomic E-state index is 5.90. The molecule has 88 valence electrons. The van der Waals surface area contributed by atoms with E-state index in [1.54, 1.807) is 0 Å². The van der Waals surface area contributed by atoms with Crippen LogP contribution in [0.25, 0.3) is 0 Å². The Balaban J connectivity index is 1.76. The van der Waals surface area contributed by atoms with Crippen molar-refractivity contribution in [3.05, 3.63) is 34.9 Å². The van der Waals surface area contributed by atoms with E-state index < -0.39 is 0 Å². The smallest absolute Gasteiger partial charge is 0.0717 e. The highest BCUT2D eigenvalue weighted by molar-refractivity contribution is 6.30. The molecule has 1 aromatic rings. The molecule has 2 nitrogen and oxygen atoms in total. The molecule has 0 heterocycles. The van der Waals surface area contributed by atoms with Crippen molar-refractivity contribution < 1.29 is 4.74 Å². The molecule has 0 saturated heterocycles. The fourth-order valence-electron chi connectivity index (χ4n) is 1.96. The zero-order valence-electron chi connectivity index (χ0n) is 9.42. The lowest BCUT2D eigenvalue weighted by molar-refractivity contribution is 0.0757. The zero-order valence-corrected chi connectivity index (χ0v) is 10.2. The molecule has 1 fully saturated rings. The largest absolute Gasteiger partial charge is 0.376 e. The van der Waals surface area contributed by atoms with Gasteiger partial charge < -0.3 is 10.5 Å². The van der Waals surface area contributed by atoms with Gasteiger partial charge in [-0.1, -0.05) is 23.7 Å². The summed E-state index contributed by atoms with van der Waals surface area (Å²) < 4.78 is 5.74. The Morgan fingerprint density at radius 1 is 1.38 bits per heavy atom. The number of nitrogens with two attached hydrogens (primary N) is 1. The van der Waals surface area contributed by atoms with Gasteiger partial charge in [0.1, 0.15) is 0 Å². The maximum Gasteiger partial charge on any atom is 0.0717 e. The van der Waals surface area contributed by atoms with Crippen LogP contribution in [0.1, 0.15) is 24.8 Å². The molecular weight excluding hydrogens is 222 g/mol. The van der Waals surface area contributed by atoms with Crippen molar-refractivity contribution in [3.8, 4) is 0 Å². The van der Waals surface area contributed by atoms with Crippen LogP contribution in [0.5, 0.6) is 0 Å². The maximum absolute atomic E-state index is 5.90. The normalized spacial score (nSPS) is 17.4. The summed E-state index contributed by atoms with van der Waals surface area (Å²) in [6, 6.07) is 7.81. The van der Waals surface area contributed by atoms with Gasteiger partial charge in [0.25, 0.3) is 0 Å². The van der Waals surface area contributed by atoms with Crippen LogP contribution in [0.15, 0.2) is 24.3 Å². The number of benzene rings is 1. The van der Waals surface area contributed by atoms with Crippen LogP contribution in [-0.2, 0) is 11.3 Å². The Bertz CT molecular complexity index is 350. The van der Waals surface area contributed by atoms with E-state index in [0.29, 0.717) is 12.0 Å². The predicted octanol–water partition coefficient (Wildman–Crippen LogP) is 2.99. The van der Waals surface area contributed by atoms with Gasteiger partial charge in [0.2, 0.25) is 0 Å². The first-order valence-corrected chi connectivity index (χ1v) is 6.14. The van der Waals surface area contributed by atoms with E-state index in [1.165, 1.54) is 12.8 Å². The molecule has 0 atom stereocenters. The number of hydrogen-bond donors (Lipinski definition) is 1. The molecule has 1 saturated carbocycles. The van der Waals surface area contributed by atoms with Crippen LogP contribution in [-0.4, -0.2) is 13.2 Å². The predicted molar refractivity (Wildman–Crippen MR) is 66.4 cm³/mol. The Morgan fingerprint density at radius 3 is 2.81 bits per heavy atom. The fraction of sp³-hybridized carbons (Fsp3) is 0.538. The summed E-state index contributed by atoms with van der Waals surface area (Å²) in [6.45, 7) is 2.24. The molecule has 1 aromatic carbocycles. The highest BCUT2D eigenvalue weighted by atomic mass is 35.5. The van der Waals surface area contributed by atoms with E-state index in [4.69, 9.17) is 22.1 Å². The standard InChI is InChI=1S/C13H18ClNO/c14-12-3-1-2-11(8-12)9-16-10-13(4-5-13)6-7-15/h1-3,8H,4-7,9-10,15H2. The van der Waals surface area contributed by atoms with E-state index in [-0.39, 0.29) is 0 Å². The summed E-state index contributed by atoms with van der Waals surface area (Å²) in [5, 5.41) is 0.768. The van der Waals surface area contributed by atoms with Crippen molar-refractivity contribution in [2.24, 2.45) is 11.1 Å². The minimum Gasteiger partial charge on any atom is -0.376 e. The molecule has 16 heavy (non-hydrogen) atoms. The molecule has 2 N–H and O–H groups in total. The summed E-state index contributed by atoms with van der Waals surface area (Å²) in [5.74, 6) is 0. The van der Waals surface area contributed by atoms with Crippen molar-refractivity contribution in [2.45, 2.75) is 25.9 Å². The topological polar surface area (TPSA) is 35.2 Å². The second kappa shape index (κ2) is 5.17. The van der Waals surface area contributed by atoms with Crippen LogP contribution in [0.4, 0.5) is 0 Å². The van der Waals surface area contributed by atoms with Crippen molar-refractivity contribution in [3.63, 3.8) is 0 Å². The number of ether oxygens (including phenoxy) is 1. The van der Waals surface area contributed by atoms with E-state index in [2.05, 4.69) is 0 Å². The van der Waals surface area contributed by atoms with Crippen LogP contribution < -0.4 is 5.73 Å². The molecule has 0 bridgehead atoms. The first-order chi connectivity index (χ1) is 7.74. The van der Waals surface area contributed by atoms with E-state index >= 15 is 0 Å². The summed E-state index contributed by atoms with van der Waals surface area (Å²) >= 11 is 5.90. The lowest BCUT2D eigenvalue weighted by atomic mass is 10.0. The second-order valence-electron chi connectivity index (χ2n) is 4.66. The summed E-state index contributed by atoms with van der Waals surface area (Å²) in [5.41, 5.74) is 7.12. The number of halogens is 1. The van der Waals surface area contributed by atoms with Crippen molar-refractivity contribution >= 4 is 11.6 Å². The molecule has 0 spiro atoms. The highest BCUT2D eigenvalue weighted by Crippen LogP contribution is 2.48. The van der Waals surface area contributed by atoms with Crippen molar-refractivity contribution in [2.75, 3.05) is 13.2 Å². The lowest BCUT2D eigenvalue weighted by Crippen LogP contribution is -2.15. The Hall–Kier alpha value is -0.570. The molecule has 0 radical (unpaired) electrons. The van der Waals surface area contributed by atoms with Gasteiger partial charge in [0, 0.05) is 5.02 Å². The second-order valence-corrected chi connectivity index (χ2v) is 5.10. The van der Waals surface area contributed by atoms with E-state index in [1.807, 2.05) is 24.3 Å². The Kier molecular flexibility index (Phi) is 3.85. The highest BCUT2D eigenvalue weighted by Gasteiger charge is 2.41. The number of rotatable bonds is 6. The van der Waals surface area contributed by atoms with Gasteiger partial charge in [0.15, 0.2) is 0 Å². The molecular formula is C13H18ClNO. The molecule has 1 aliphatic carbocycles. The van der Waals surface area contributed by atoms with Gasteiger partial charge in [-0.3, -0.25) is 0 Å². The lowest BCUT2D eigenvalue weighted by Gasteiger charge is -2.14. The van der Waals surface area contributed by atoms with Crippen molar-refractivity contribution in [1.82, 2.24) is 0 Å². The van der Waals surface area contributed by atoms with Crippen molar-refractivity contribution in [1.29, 1.82) is 0 Å². The SMILES string of the molecule is NCCC1(COCc2cccc(Cl)c2)CC1. The van der Waals surface area contributed by atoms with Gasteiger partial charge in [-0.25, -0.2) is 0 Å². The summed E-state index contributed by atoms with van der Waals surface area (Å²) in [7, 11) is 0. The van der Waals surface area contributed by atoms with E-state index in [9.17, 15) is 0 Å². The molecule has 0 aliphatic heterocycles. The van der Waals surface area contributed by atoms with Crippen LogP contribution in [0.3, 0.4) is 0 Å². The van der Waals surface area contributed by atoms with Gasteiger partial charge in [0.05, 0.1) is 13.2 Å². The molecule has 0 aromatic heterocycles.